The van der Waals surface area contributed by atoms with Crippen LogP contribution in [-0.4, -0.2) is 38.9 Å². The van der Waals surface area contributed by atoms with Gasteiger partial charge in [-0.3, -0.25) is 0 Å². The third-order valence-corrected chi connectivity index (χ3v) is 6.24. The highest BCUT2D eigenvalue weighted by molar-refractivity contribution is 7.89. The monoisotopic (exact) mass is 381 g/mol. The largest absolute Gasteiger partial charge is 0.417 e. The number of hydrogen-bond acceptors (Lipinski definition) is 4. The Bertz CT molecular complexity index is 764. The summed E-state index contributed by atoms with van der Waals surface area (Å²) in [6.07, 6.45) is -4.78. The second kappa shape index (κ2) is 6.52. The number of benzene rings is 1. The van der Waals surface area contributed by atoms with Gasteiger partial charge in [0.05, 0.1) is 22.1 Å². The Morgan fingerprint density at radius 2 is 1.79 bits per heavy atom. The number of nitrogens with zero attached hydrogens (tertiary/aromatic N) is 2. The molecule has 2 saturated heterocycles. The Hall–Kier alpha value is -1.34. The lowest BCUT2D eigenvalue weighted by Crippen LogP contribution is -2.32. The minimum Gasteiger partial charge on any atom is -0.316 e. The summed E-state index contributed by atoms with van der Waals surface area (Å²) in [6, 6.07) is 3.98. The van der Waals surface area contributed by atoms with E-state index in [0.29, 0.717) is 19.2 Å². The summed E-state index contributed by atoms with van der Waals surface area (Å²) < 4.78 is 65.4. The second-order valence-corrected chi connectivity index (χ2v) is 7.76. The summed E-state index contributed by atoms with van der Waals surface area (Å²) in [5.74, 6) is 0.399. The van der Waals surface area contributed by atoms with Gasteiger partial charge in [0, 0.05) is 13.1 Å². The molecule has 3 rings (SSSR count). The van der Waals surface area contributed by atoms with Crippen LogP contribution in [0.1, 0.15) is 11.1 Å². The molecule has 2 fully saturated rings. The highest BCUT2D eigenvalue weighted by Crippen LogP contribution is 2.35. The molecule has 132 valence electrons. The average molecular weight is 382 g/mol. The molecule has 0 unspecified atom stereocenters. The number of sulfonamides is 1. The van der Waals surface area contributed by atoms with Crippen molar-refractivity contribution in [1.82, 2.24) is 9.62 Å². The molecule has 24 heavy (non-hydrogen) atoms. The van der Waals surface area contributed by atoms with Crippen molar-refractivity contribution in [3.8, 4) is 6.07 Å². The lowest BCUT2D eigenvalue weighted by molar-refractivity contribution is -0.137. The zero-order valence-corrected chi connectivity index (χ0v) is 14.0. The Labute approximate surface area is 143 Å². The normalized spacial score (nSPS) is 24.2. The van der Waals surface area contributed by atoms with E-state index in [4.69, 9.17) is 5.26 Å². The summed E-state index contributed by atoms with van der Waals surface area (Å²) in [7, 11) is -3.99. The fourth-order valence-corrected chi connectivity index (χ4v) is 4.75. The molecule has 2 atom stereocenters. The third-order valence-electron chi connectivity index (χ3n) is 4.41. The number of fused-ring (bicyclic) bond motifs is 1. The van der Waals surface area contributed by atoms with Gasteiger partial charge >= 0.3 is 6.18 Å². The van der Waals surface area contributed by atoms with Crippen molar-refractivity contribution in [2.45, 2.75) is 11.1 Å². The van der Waals surface area contributed by atoms with E-state index in [9.17, 15) is 21.6 Å². The van der Waals surface area contributed by atoms with E-state index in [-0.39, 0.29) is 24.2 Å². The predicted molar refractivity (Wildman–Crippen MR) is 82.0 cm³/mol. The zero-order valence-electron chi connectivity index (χ0n) is 12.4. The van der Waals surface area contributed by atoms with Crippen molar-refractivity contribution in [2.24, 2.45) is 11.8 Å². The van der Waals surface area contributed by atoms with E-state index in [2.05, 4.69) is 5.32 Å². The molecule has 0 bridgehead atoms. The third kappa shape index (κ3) is 3.24. The van der Waals surface area contributed by atoms with Crippen LogP contribution in [0.15, 0.2) is 23.1 Å². The Kier molecular flexibility index (Phi) is 5.16. The molecule has 2 heterocycles. The minimum absolute atomic E-state index is 0. The van der Waals surface area contributed by atoms with E-state index in [0.717, 1.165) is 25.2 Å². The summed E-state index contributed by atoms with van der Waals surface area (Å²) in [5, 5.41) is 12.0. The van der Waals surface area contributed by atoms with Gasteiger partial charge in [0.15, 0.2) is 0 Å². The smallest absolute Gasteiger partial charge is 0.316 e. The number of halogens is 4. The number of rotatable bonds is 2. The fourth-order valence-electron chi connectivity index (χ4n) is 3.17. The number of hydrogen-bond donors (Lipinski definition) is 1. The lowest BCUT2D eigenvalue weighted by atomic mass is 10.0. The molecular formula is C14H15ClF3N3O2S. The van der Waals surface area contributed by atoms with Crippen molar-refractivity contribution in [2.75, 3.05) is 26.2 Å². The van der Waals surface area contributed by atoms with Crippen molar-refractivity contribution in [1.29, 1.82) is 5.26 Å². The fraction of sp³-hybridized carbons (Fsp3) is 0.500. The SMILES string of the molecule is Cl.N#Cc1ccc(S(=O)(=O)N2C[C@H]3CNC[C@H]3C2)cc1C(F)(F)F. The summed E-state index contributed by atoms with van der Waals surface area (Å²) in [6.45, 7) is 2.05. The van der Waals surface area contributed by atoms with E-state index in [1.54, 1.807) is 0 Å². The van der Waals surface area contributed by atoms with Crippen LogP contribution in [0.5, 0.6) is 0 Å². The van der Waals surface area contributed by atoms with Crippen LogP contribution >= 0.6 is 12.4 Å². The first-order valence-corrected chi connectivity index (χ1v) is 8.49. The van der Waals surface area contributed by atoms with E-state index >= 15 is 0 Å². The van der Waals surface area contributed by atoms with Crippen molar-refractivity contribution in [3.63, 3.8) is 0 Å². The van der Waals surface area contributed by atoms with Gasteiger partial charge < -0.3 is 5.32 Å². The number of alkyl halides is 3. The van der Waals surface area contributed by atoms with E-state index in [1.807, 2.05) is 0 Å². The van der Waals surface area contributed by atoms with Gasteiger partial charge in [0.1, 0.15) is 0 Å². The maximum absolute atomic E-state index is 13.0. The van der Waals surface area contributed by atoms with Crippen molar-refractivity contribution < 1.29 is 21.6 Å². The molecule has 1 aromatic carbocycles. The molecule has 2 aliphatic rings. The predicted octanol–water partition coefficient (Wildman–Crippen LogP) is 1.84. The van der Waals surface area contributed by atoms with Gasteiger partial charge in [-0.25, -0.2) is 8.42 Å². The molecule has 0 saturated carbocycles. The second-order valence-electron chi connectivity index (χ2n) is 5.82. The molecule has 1 aromatic rings. The molecule has 0 amide bonds. The van der Waals surface area contributed by atoms with E-state index < -0.39 is 32.2 Å². The van der Waals surface area contributed by atoms with Crippen molar-refractivity contribution in [3.05, 3.63) is 29.3 Å². The Morgan fingerprint density at radius 3 is 2.29 bits per heavy atom. The lowest BCUT2D eigenvalue weighted by Gasteiger charge is -2.18. The molecule has 0 spiro atoms. The summed E-state index contributed by atoms with van der Waals surface area (Å²) in [5.41, 5.74) is -1.80. The molecular weight excluding hydrogens is 367 g/mol. The van der Waals surface area contributed by atoms with Crippen LogP contribution in [0.3, 0.4) is 0 Å². The van der Waals surface area contributed by atoms with Gasteiger partial charge in [0.2, 0.25) is 10.0 Å². The standard InChI is InChI=1S/C14H14F3N3O2S.ClH/c15-14(16,17)13-3-12(2-1-9(13)4-18)23(21,22)20-7-10-5-19-6-11(10)8-20;/h1-3,10-11,19H,5-8H2;1H/t10-,11+;. The molecule has 0 aromatic heterocycles. The van der Waals surface area contributed by atoms with Crippen LogP contribution in [0.4, 0.5) is 13.2 Å². The molecule has 2 aliphatic heterocycles. The van der Waals surface area contributed by atoms with Crippen LogP contribution in [0, 0.1) is 23.2 Å². The summed E-state index contributed by atoms with van der Waals surface area (Å²) >= 11 is 0. The molecule has 10 heteroatoms. The van der Waals surface area contributed by atoms with Gasteiger partial charge in [-0.2, -0.15) is 22.7 Å². The topological polar surface area (TPSA) is 73.2 Å². The van der Waals surface area contributed by atoms with Crippen LogP contribution in [0.2, 0.25) is 0 Å². The molecule has 1 N–H and O–H groups in total. The molecule has 0 radical (unpaired) electrons. The number of nitriles is 1. The van der Waals surface area contributed by atoms with Crippen LogP contribution in [-0.2, 0) is 16.2 Å². The van der Waals surface area contributed by atoms with Gasteiger partial charge in [-0.1, -0.05) is 0 Å². The highest BCUT2D eigenvalue weighted by atomic mass is 35.5. The Balaban J connectivity index is 0.00000208. The molecule has 5 nitrogen and oxygen atoms in total. The van der Waals surface area contributed by atoms with Crippen LogP contribution in [0.25, 0.3) is 0 Å². The zero-order chi connectivity index (χ0) is 16.8. The highest BCUT2D eigenvalue weighted by Gasteiger charge is 2.42. The summed E-state index contributed by atoms with van der Waals surface area (Å²) in [4.78, 5) is -0.420. The first kappa shape index (κ1) is 19.0. The van der Waals surface area contributed by atoms with E-state index in [1.165, 1.54) is 10.4 Å². The van der Waals surface area contributed by atoms with Gasteiger partial charge in [-0.15, -0.1) is 12.4 Å². The van der Waals surface area contributed by atoms with Gasteiger partial charge in [0.25, 0.3) is 0 Å². The average Bonchev–Trinajstić information content (AvgIpc) is 3.07. The van der Waals surface area contributed by atoms with Crippen LogP contribution < -0.4 is 5.32 Å². The minimum atomic E-state index is -4.78. The Morgan fingerprint density at radius 1 is 1.21 bits per heavy atom. The first-order chi connectivity index (χ1) is 10.7. The van der Waals surface area contributed by atoms with Crippen molar-refractivity contribution >= 4 is 22.4 Å². The van der Waals surface area contributed by atoms with Gasteiger partial charge in [-0.05, 0) is 43.1 Å². The maximum atomic E-state index is 13.0. The maximum Gasteiger partial charge on any atom is 0.417 e. The molecule has 0 aliphatic carbocycles. The quantitative estimate of drug-likeness (QED) is 0.848. The number of nitrogens with one attached hydrogen (secondary N) is 1. The first-order valence-electron chi connectivity index (χ1n) is 7.05.